The highest BCUT2D eigenvalue weighted by molar-refractivity contribution is 5.83. The van der Waals surface area contributed by atoms with Crippen molar-refractivity contribution in [2.24, 2.45) is 16.7 Å². The number of rotatable bonds is 0. The molecule has 21 rings (SSSR count). The minimum atomic E-state index is -0.311. The van der Waals surface area contributed by atoms with E-state index in [1.807, 2.05) is 182 Å². The van der Waals surface area contributed by atoms with Crippen LogP contribution in [0.4, 0.5) is 4.39 Å². The third-order valence-electron chi connectivity index (χ3n) is 24.6. The van der Waals surface area contributed by atoms with Gasteiger partial charge < -0.3 is 0 Å². The van der Waals surface area contributed by atoms with Crippen molar-refractivity contribution < 1.29 is 4.39 Å². The van der Waals surface area contributed by atoms with E-state index in [0.29, 0.717) is 55.9 Å². The topological polar surface area (TPSA) is 213 Å². The summed E-state index contributed by atoms with van der Waals surface area (Å²) in [5, 5.41) is 3.30. The van der Waals surface area contributed by atoms with Gasteiger partial charge in [-0.05, 0) is 269 Å². The number of aryl methyl sites for hydroxylation is 5. The zero-order chi connectivity index (χ0) is 87.4. The molecule has 0 amide bonds. The molecule has 0 saturated heterocycles. The highest BCUT2D eigenvalue weighted by Gasteiger charge is 2.43. The van der Waals surface area contributed by atoms with Gasteiger partial charge in [-0.1, -0.05) is 123 Å². The summed E-state index contributed by atoms with van der Waals surface area (Å²) in [6.45, 7) is 14.5. The Labute approximate surface area is 735 Å². The Bertz CT molecular complexity index is 7290. The quantitative estimate of drug-likeness (QED) is 0.102. The van der Waals surface area contributed by atoms with Crippen LogP contribution in [0.2, 0.25) is 0 Å². The third-order valence-corrected chi connectivity index (χ3v) is 24.6. The molecule has 1 spiro atoms. The standard InChI is InChI=1S/C22H17FN2O.C22H19N3O.C22H21N3O.C21H19N3O.C21H18N2O/c1-15-5-10-21-24-20-14-17(7-6-16-3-2-4-18(23)13-16)8-9-19(20)22(26)25(21)12-11-15;26-21-18-7-5-16(4-6-17-3-1-2-13-23-17)15-19(18)24-20-8-9-22(10-11-22)12-14-25(20)21;1-22(2)11-10-20-24-19-15-16(6-8-17-5-3-4-13-23-17)7-9-18(19)21(26)25(20)14-12-22;1-15-5-10-20-23-19-14-16(6-8-17-4-2-3-12-22-17)7-9-18(19)21(25)24(20)13-11-15;24-21-18-13-12-17(11-10-16-7-3-1-4-8-16)15-19(18)22-20-9-5-2-6-14-23(20)21/h2-4,8-9,13-14H,1,5,10-12H2;1-3,5,7,13,15H,8-12,14H2;3-5,7,9,13,15H,10-12,14H2,1-2H3;2-4,7,9,12,14-15H,5,10-11,13H2,1H3;1,3-4,7-8,12-13,15H,2,5-6,9,14H2. The lowest BCUT2D eigenvalue weighted by atomic mass is 9.85. The van der Waals surface area contributed by atoms with Gasteiger partial charge in [-0.25, -0.2) is 44.3 Å². The van der Waals surface area contributed by atoms with Gasteiger partial charge in [0.15, 0.2) is 0 Å². The van der Waals surface area contributed by atoms with Crippen molar-refractivity contribution in [3.8, 4) is 59.2 Å². The van der Waals surface area contributed by atoms with Crippen molar-refractivity contribution in [3.05, 3.63) is 374 Å². The second-order valence-electron chi connectivity index (χ2n) is 34.3. The van der Waals surface area contributed by atoms with Crippen molar-refractivity contribution in [3.63, 3.8) is 0 Å². The maximum atomic E-state index is 13.2. The van der Waals surface area contributed by atoms with Crippen molar-refractivity contribution in [1.82, 2.24) is 62.7 Å². The molecule has 15 aromatic rings. The van der Waals surface area contributed by atoms with Crippen molar-refractivity contribution in [1.29, 1.82) is 0 Å². The van der Waals surface area contributed by atoms with E-state index in [1.54, 1.807) is 47.4 Å². The largest absolute Gasteiger partial charge is 0.296 e. The molecule has 7 aromatic carbocycles. The van der Waals surface area contributed by atoms with Crippen LogP contribution in [-0.2, 0) is 64.8 Å². The smallest absolute Gasteiger partial charge is 0.261 e. The second kappa shape index (κ2) is 38.1. The molecule has 0 radical (unpaired) electrons. The number of fused-ring (bicyclic) bond motifs is 10. The van der Waals surface area contributed by atoms with Crippen molar-refractivity contribution in [2.75, 3.05) is 0 Å². The van der Waals surface area contributed by atoms with Crippen LogP contribution in [0.1, 0.15) is 189 Å². The number of hydrogen-bond acceptors (Lipinski definition) is 13. The average Bonchev–Trinajstić information content (AvgIpc) is 1.67. The fourth-order valence-electron chi connectivity index (χ4n) is 16.7. The number of allylic oxidation sites excluding steroid dienone is 1. The van der Waals surface area contributed by atoms with Crippen LogP contribution >= 0.6 is 0 Å². The predicted molar refractivity (Wildman–Crippen MR) is 499 cm³/mol. The van der Waals surface area contributed by atoms with E-state index in [1.165, 1.54) is 25.0 Å². The fourth-order valence-corrected chi connectivity index (χ4v) is 16.7. The van der Waals surface area contributed by atoms with E-state index in [0.717, 1.165) is 236 Å². The number of nitrogens with zero attached hydrogens (tertiary/aromatic N) is 13. The maximum absolute atomic E-state index is 13.2. The number of benzene rings is 7. The van der Waals surface area contributed by atoms with E-state index in [4.69, 9.17) is 24.9 Å². The molecule has 628 valence electrons. The molecule has 0 bridgehead atoms. The van der Waals surface area contributed by atoms with Crippen LogP contribution in [0.15, 0.2) is 255 Å². The summed E-state index contributed by atoms with van der Waals surface area (Å²) < 4.78 is 22.5. The number of pyridine rings is 3. The molecule has 1 unspecified atom stereocenters. The summed E-state index contributed by atoms with van der Waals surface area (Å²) in [7, 11) is 0. The molecule has 1 saturated carbocycles. The maximum Gasteiger partial charge on any atom is 0.261 e. The van der Waals surface area contributed by atoms with Crippen LogP contribution in [0, 0.1) is 81.8 Å². The lowest BCUT2D eigenvalue weighted by Crippen LogP contribution is -2.24. The van der Waals surface area contributed by atoms with Gasteiger partial charge in [-0.15, -0.1) is 0 Å². The van der Waals surface area contributed by atoms with Crippen LogP contribution in [0.5, 0.6) is 0 Å². The van der Waals surface area contributed by atoms with Gasteiger partial charge >= 0.3 is 0 Å². The Morgan fingerprint density at radius 3 is 1.17 bits per heavy atom. The summed E-state index contributed by atoms with van der Waals surface area (Å²) in [4.78, 5) is 101. The molecule has 127 heavy (non-hydrogen) atoms. The molecule has 8 aromatic heterocycles. The van der Waals surface area contributed by atoms with Gasteiger partial charge in [0.1, 0.15) is 52.0 Å². The highest BCUT2D eigenvalue weighted by Crippen LogP contribution is 2.53. The Hall–Kier alpha value is -14.8. The van der Waals surface area contributed by atoms with Crippen molar-refractivity contribution in [2.45, 2.75) is 169 Å². The number of hydrogen-bond donors (Lipinski definition) is 0. The molecular weight excluding hydrogens is 1580 g/mol. The van der Waals surface area contributed by atoms with Crippen LogP contribution < -0.4 is 27.8 Å². The van der Waals surface area contributed by atoms with Crippen molar-refractivity contribution >= 4 is 54.5 Å². The SMILES string of the molecule is C=C1CCc2nc3cc(C#Cc4cccc(F)c4)ccc3c(=O)n2CC1.CC1(C)CCc2nc3cc(C#Cc4ccccn4)ccc3c(=O)n2CC1.CC1CCc2nc3cc(C#Cc4ccccn4)ccc3c(=O)n2CC1.O=c1c2ccc(C#Cc3ccccc3)cc2nc2n1CCCCC2.O=c1c2ccc(C#Cc3ccccn3)cc2nc2n1CCC1(CC2)CC1. The Morgan fingerprint density at radius 1 is 0.323 bits per heavy atom. The highest BCUT2D eigenvalue weighted by atomic mass is 19.1. The lowest BCUT2D eigenvalue weighted by molar-refractivity contribution is 0.307. The van der Waals surface area contributed by atoms with Crippen LogP contribution in [0.25, 0.3) is 54.5 Å². The Morgan fingerprint density at radius 2 is 0.709 bits per heavy atom. The predicted octanol–water partition coefficient (Wildman–Crippen LogP) is 17.4. The van der Waals surface area contributed by atoms with Crippen LogP contribution in [-0.4, -0.2) is 62.7 Å². The molecule has 0 N–H and O–H groups in total. The van der Waals surface area contributed by atoms with Gasteiger partial charge in [0.05, 0.1) is 54.5 Å². The Balaban J connectivity index is 0.000000112. The molecule has 19 heteroatoms. The first kappa shape index (κ1) is 84.4. The minimum Gasteiger partial charge on any atom is -0.296 e. The number of aromatic nitrogens is 13. The van der Waals surface area contributed by atoms with Gasteiger partial charge in [-0.2, -0.15) is 0 Å². The summed E-state index contributed by atoms with van der Waals surface area (Å²) >= 11 is 0. The first-order chi connectivity index (χ1) is 61.9. The van der Waals surface area contributed by atoms with E-state index in [-0.39, 0.29) is 39.0 Å². The van der Waals surface area contributed by atoms with E-state index >= 15 is 0 Å². The molecule has 1 atom stereocenters. The molecule has 18 nitrogen and oxygen atoms in total. The second-order valence-corrected chi connectivity index (χ2v) is 34.3. The minimum absolute atomic E-state index is 0.00987. The molecule has 13 heterocycles. The zero-order valence-electron chi connectivity index (χ0n) is 71.6. The van der Waals surface area contributed by atoms with E-state index < -0.39 is 0 Å². The Kier molecular flexibility index (Phi) is 25.3. The number of halogens is 1. The molecule has 1 aliphatic carbocycles. The molecular formula is C108H94FN13O5. The summed E-state index contributed by atoms with van der Waals surface area (Å²) in [6.07, 6.45) is 23.4. The summed E-state index contributed by atoms with van der Waals surface area (Å²) in [5.74, 6) is 35.6. The van der Waals surface area contributed by atoms with E-state index in [2.05, 4.69) is 102 Å². The molecule has 5 aliphatic heterocycles. The zero-order valence-corrected chi connectivity index (χ0v) is 71.6. The average molecular weight is 1670 g/mol. The molecule has 1 fully saturated rings. The van der Waals surface area contributed by atoms with Gasteiger partial charge in [0.2, 0.25) is 0 Å². The van der Waals surface area contributed by atoms with Gasteiger partial charge in [0, 0.05) is 122 Å². The van der Waals surface area contributed by atoms with E-state index in [9.17, 15) is 28.4 Å². The first-order valence-electron chi connectivity index (χ1n) is 43.8. The summed E-state index contributed by atoms with van der Waals surface area (Å²) in [5.41, 5.74) is 13.8. The molecule has 6 aliphatic rings. The monoisotopic (exact) mass is 1670 g/mol. The third kappa shape index (κ3) is 20.5. The fraction of sp³-hybridized carbons (Fsp3) is 0.269. The summed E-state index contributed by atoms with van der Waals surface area (Å²) in [6, 6.07) is 61.1. The van der Waals surface area contributed by atoms with Gasteiger partial charge in [0.25, 0.3) is 27.8 Å². The van der Waals surface area contributed by atoms with Gasteiger partial charge in [-0.3, -0.25) is 46.8 Å². The normalized spacial score (nSPS) is 15.4. The lowest BCUT2D eigenvalue weighted by Gasteiger charge is -2.20. The van der Waals surface area contributed by atoms with Crippen LogP contribution in [0.3, 0.4) is 0 Å². The first-order valence-corrected chi connectivity index (χ1v) is 43.8.